The molecule has 4 aliphatic carbocycles. The van der Waals surface area contributed by atoms with Gasteiger partial charge in [-0.3, -0.25) is 4.79 Å². The predicted octanol–water partition coefficient (Wildman–Crippen LogP) is 8.79. The maximum Gasteiger partial charge on any atom is 0.338 e. The van der Waals surface area contributed by atoms with Crippen molar-refractivity contribution < 1.29 is 19.1 Å². The molecule has 0 spiro atoms. The van der Waals surface area contributed by atoms with Crippen LogP contribution < -0.4 is 0 Å². The average molecular weight is 551 g/mol. The van der Waals surface area contributed by atoms with E-state index in [2.05, 4.69) is 34.6 Å². The summed E-state index contributed by atoms with van der Waals surface area (Å²) in [5.74, 6) is 4.39. The molecule has 0 bridgehead atoms. The predicted molar refractivity (Wildman–Crippen MR) is 160 cm³/mol. The molecule has 0 N–H and O–H groups in total. The van der Waals surface area contributed by atoms with Crippen LogP contribution in [0.25, 0.3) is 0 Å². The highest BCUT2D eigenvalue weighted by Gasteiger charge is 2.63. The number of hydrogen-bond acceptors (Lipinski definition) is 4. The molecular weight excluding hydrogens is 496 g/mol. The van der Waals surface area contributed by atoms with Gasteiger partial charge in [0.1, 0.15) is 12.2 Å². The van der Waals surface area contributed by atoms with E-state index < -0.39 is 0 Å². The Hall–Kier alpha value is -1.84. The summed E-state index contributed by atoms with van der Waals surface area (Å²) in [7, 11) is 0. The second kappa shape index (κ2) is 11.8. The molecule has 1 aromatic carbocycles. The van der Waals surface area contributed by atoms with Crippen molar-refractivity contribution in [3.8, 4) is 0 Å². The maximum absolute atomic E-state index is 13.4. The third kappa shape index (κ3) is 5.50. The molecule has 10 atom stereocenters. The van der Waals surface area contributed by atoms with Crippen LogP contribution in [0.3, 0.4) is 0 Å². The third-order valence-electron chi connectivity index (χ3n) is 12.6. The number of esters is 1. The summed E-state index contributed by atoms with van der Waals surface area (Å²) in [6.07, 6.45) is 12.9. The molecule has 0 aromatic heterocycles. The van der Waals surface area contributed by atoms with Crippen molar-refractivity contribution in [3.05, 3.63) is 35.4 Å². The van der Waals surface area contributed by atoms with Gasteiger partial charge in [-0.25, -0.2) is 4.79 Å². The van der Waals surface area contributed by atoms with E-state index >= 15 is 0 Å². The van der Waals surface area contributed by atoms with Gasteiger partial charge < -0.3 is 9.47 Å². The zero-order valence-corrected chi connectivity index (χ0v) is 26.0. The van der Waals surface area contributed by atoms with Gasteiger partial charge in [0, 0.05) is 5.92 Å². The van der Waals surface area contributed by atoms with Crippen LogP contribution in [-0.4, -0.2) is 24.6 Å². The lowest BCUT2D eigenvalue weighted by Crippen LogP contribution is -2.59. The Morgan fingerprint density at radius 2 is 1.62 bits per heavy atom. The molecule has 0 heterocycles. The van der Waals surface area contributed by atoms with Gasteiger partial charge in [0.2, 0.25) is 0 Å². The molecular formula is C36H54O4. The van der Waals surface area contributed by atoms with Crippen LogP contribution in [0.5, 0.6) is 0 Å². The second-order valence-electron chi connectivity index (χ2n) is 15.2. The Balaban J connectivity index is 1.39. The molecule has 0 amide bonds. The SMILES string of the molecule is Cc1ccc(C(=O)OC2CC3C4CCC(C(C)CCCC(C)C)C4(C)CCC3C3(C)CCC(OC=O)CC23)cc1. The molecule has 10 unspecified atom stereocenters. The summed E-state index contributed by atoms with van der Waals surface area (Å²) in [6.45, 7) is 15.0. The Labute approximate surface area is 243 Å². The summed E-state index contributed by atoms with van der Waals surface area (Å²) >= 11 is 0. The summed E-state index contributed by atoms with van der Waals surface area (Å²) in [5.41, 5.74) is 2.29. The van der Waals surface area contributed by atoms with Gasteiger partial charge in [-0.2, -0.15) is 0 Å². The number of aryl methyl sites for hydroxylation is 1. The Kier molecular flexibility index (Phi) is 8.75. The maximum atomic E-state index is 13.4. The Morgan fingerprint density at radius 1 is 0.925 bits per heavy atom. The van der Waals surface area contributed by atoms with Crippen molar-refractivity contribution >= 4 is 12.4 Å². The molecule has 5 rings (SSSR count). The Morgan fingerprint density at radius 3 is 2.33 bits per heavy atom. The minimum absolute atomic E-state index is 0.0656. The van der Waals surface area contributed by atoms with Crippen LogP contribution in [0.15, 0.2) is 24.3 Å². The minimum atomic E-state index is -0.203. The molecule has 4 aliphatic rings. The van der Waals surface area contributed by atoms with E-state index in [1.807, 2.05) is 31.2 Å². The number of benzene rings is 1. The first-order valence-electron chi connectivity index (χ1n) is 16.4. The van der Waals surface area contributed by atoms with Crippen molar-refractivity contribution in [2.75, 3.05) is 0 Å². The monoisotopic (exact) mass is 550 g/mol. The molecule has 4 saturated carbocycles. The summed E-state index contributed by atoms with van der Waals surface area (Å²) in [5, 5.41) is 0. The number of carbonyl (C=O) groups excluding carboxylic acids is 2. The fourth-order valence-corrected chi connectivity index (χ4v) is 10.5. The smallest absolute Gasteiger partial charge is 0.338 e. The lowest BCUT2D eigenvalue weighted by Gasteiger charge is -2.62. The normalized spacial score (nSPS) is 39.5. The van der Waals surface area contributed by atoms with E-state index in [0.29, 0.717) is 35.2 Å². The molecule has 0 radical (unpaired) electrons. The fourth-order valence-electron chi connectivity index (χ4n) is 10.5. The van der Waals surface area contributed by atoms with Gasteiger partial charge >= 0.3 is 5.97 Å². The number of fused-ring (bicyclic) bond motifs is 5. The van der Waals surface area contributed by atoms with E-state index in [1.54, 1.807) is 0 Å². The van der Waals surface area contributed by atoms with E-state index in [4.69, 9.17) is 9.47 Å². The minimum Gasteiger partial charge on any atom is -0.465 e. The number of ether oxygens (including phenoxy) is 2. The van der Waals surface area contributed by atoms with Crippen LogP contribution in [-0.2, 0) is 14.3 Å². The first-order valence-corrected chi connectivity index (χ1v) is 16.4. The lowest BCUT2D eigenvalue weighted by atomic mass is 9.43. The first kappa shape index (κ1) is 29.6. The first-order chi connectivity index (χ1) is 19.1. The molecule has 0 saturated heterocycles. The molecule has 40 heavy (non-hydrogen) atoms. The highest BCUT2D eigenvalue weighted by Crippen LogP contribution is 2.68. The number of rotatable bonds is 9. The standard InChI is InChI=1S/C36H54O4/c1-23(2)8-7-9-25(4)29-14-15-30-28-21-33(40-34(38)26-12-10-24(3)11-13-26)32-20-27(39-22-37)16-18-36(32,6)31(28)17-19-35(29,30)5/h10-13,22-23,25,27-33H,7-9,14-21H2,1-6H3. The highest BCUT2D eigenvalue weighted by molar-refractivity contribution is 5.89. The summed E-state index contributed by atoms with van der Waals surface area (Å²) in [4.78, 5) is 24.7. The van der Waals surface area contributed by atoms with Crippen molar-refractivity contribution in [1.29, 1.82) is 0 Å². The number of hydrogen-bond donors (Lipinski definition) is 0. The molecule has 4 fully saturated rings. The van der Waals surface area contributed by atoms with Crippen LogP contribution in [0.2, 0.25) is 0 Å². The quantitative estimate of drug-likeness (QED) is 0.228. The Bertz CT molecular complexity index is 1030. The second-order valence-corrected chi connectivity index (χ2v) is 15.2. The van der Waals surface area contributed by atoms with Crippen molar-refractivity contribution in [2.24, 2.45) is 52.3 Å². The van der Waals surface area contributed by atoms with Crippen molar-refractivity contribution in [3.63, 3.8) is 0 Å². The van der Waals surface area contributed by atoms with E-state index in [9.17, 15) is 9.59 Å². The average Bonchev–Trinajstić information content (AvgIpc) is 3.27. The summed E-state index contributed by atoms with van der Waals surface area (Å²) < 4.78 is 12.0. The van der Waals surface area contributed by atoms with Crippen molar-refractivity contribution in [2.45, 2.75) is 124 Å². The van der Waals surface area contributed by atoms with Gasteiger partial charge in [-0.15, -0.1) is 0 Å². The van der Waals surface area contributed by atoms with Gasteiger partial charge in [0.05, 0.1) is 5.56 Å². The van der Waals surface area contributed by atoms with Crippen LogP contribution in [0, 0.1) is 59.2 Å². The summed E-state index contributed by atoms with van der Waals surface area (Å²) in [6, 6.07) is 7.75. The largest absolute Gasteiger partial charge is 0.465 e. The molecule has 4 nitrogen and oxygen atoms in total. The number of carbonyl (C=O) groups is 2. The highest BCUT2D eigenvalue weighted by atomic mass is 16.5. The third-order valence-corrected chi connectivity index (χ3v) is 12.6. The van der Waals surface area contributed by atoms with Crippen LogP contribution >= 0.6 is 0 Å². The van der Waals surface area contributed by atoms with Crippen LogP contribution in [0.1, 0.15) is 121 Å². The van der Waals surface area contributed by atoms with Crippen LogP contribution in [0.4, 0.5) is 0 Å². The fraction of sp³-hybridized carbons (Fsp3) is 0.778. The van der Waals surface area contributed by atoms with Gasteiger partial charge in [0.15, 0.2) is 0 Å². The topological polar surface area (TPSA) is 52.6 Å². The zero-order valence-electron chi connectivity index (χ0n) is 26.0. The van der Waals surface area contributed by atoms with Crippen molar-refractivity contribution in [1.82, 2.24) is 0 Å². The van der Waals surface area contributed by atoms with Gasteiger partial charge in [-0.05, 0) is 117 Å². The van der Waals surface area contributed by atoms with E-state index in [0.717, 1.165) is 49.0 Å². The molecule has 4 heteroatoms. The van der Waals surface area contributed by atoms with Gasteiger partial charge in [-0.1, -0.05) is 71.6 Å². The zero-order chi connectivity index (χ0) is 28.7. The molecule has 222 valence electrons. The lowest BCUT2D eigenvalue weighted by molar-refractivity contribution is -0.179. The van der Waals surface area contributed by atoms with E-state index in [-0.39, 0.29) is 29.5 Å². The van der Waals surface area contributed by atoms with E-state index in [1.165, 1.54) is 44.9 Å². The van der Waals surface area contributed by atoms with Gasteiger partial charge in [0.25, 0.3) is 6.47 Å². The molecule has 1 aromatic rings. The molecule has 0 aliphatic heterocycles.